The molecule has 13 heteroatoms. The Balaban J connectivity index is 5.47. The fourth-order valence-electron chi connectivity index (χ4n) is 3.01. The van der Waals surface area contributed by atoms with Crippen molar-refractivity contribution in [1.82, 2.24) is 16.0 Å². The third kappa shape index (κ3) is 12.2. The summed E-state index contributed by atoms with van der Waals surface area (Å²) in [5.41, 5.74) is 11.3. The van der Waals surface area contributed by atoms with Gasteiger partial charge in [0.2, 0.25) is 17.7 Å². The van der Waals surface area contributed by atoms with E-state index in [2.05, 4.69) is 16.0 Å². The van der Waals surface area contributed by atoms with E-state index in [1.165, 1.54) is 11.8 Å². The number of thioether (sulfide) groups is 1. The summed E-state index contributed by atoms with van der Waals surface area (Å²) in [5.74, 6) is -4.55. The third-order valence-corrected chi connectivity index (χ3v) is 5.98. The van der Waals surface area contributed by atoms with Crippen LogP contribution >= 0.6 is 11.8 Å². The minimum atomic E-state index is -1.53. The van der Waals surface area contributed by atoms with Gasteiger partial charge in [-0.3, -0.25) is 19.2 Å². The lowest BCUT2D eigenvalue weighted by atomic mass is 9.97. The number of hydrogen-bond acceptors (Lipinski definition) is 8. The van der Waals surface area contributed by atoms with E-state index in [4.69, 9.17) is 11.5 Å². The van der Waals surface area contributed by atoms with Gasteiger partial charge in [0.05, 0.1) is 12.5 Å². The third-order valence-electron chi connectivity index (χ3n) is 5.34. The van der Waals surface area contributed by atoms with E-state index in [1.54, 1.807) is 6.92 Å². The van der Waals surface area contributed by atoms with Gasteiger partial charge in [-0.1, -0.05) is 20.3 Å². The standard InChI is InChI=1S/C21H39N5O7S/c1-4-12(2)17(26-18(29)13(23)8-10-34-3)20(31)25-15(11-16(27)28)19(30)24-14(21(32)33)7-5-6-9-22/h12-15,17H,4-11,22-23H2,1-3H3,(H,24,30)(H,25,31)(H,26,29)(H,27,28)(H,32,33). The van der Waals surface area contributed by atoms with Crippen molar-refractivity contribution in [2.75, 3.05) is 18.6 Å². The first-order valence-corrected chi connectivity index (χ1v) is 12.7. The van der Waals surface area contributed by atoms with Crippen molar-refractivity contribution in [2.24, 2.45) is 17.4 Å². The number of rotatable bonds is 18. The highest BCUT2D eigenvalue weighted by Gasteiger charge is 2.33. The van der Waals surface area contributed by atoms with Crippen LogP contribution in [0.15, 0.2) is 0 Å². The normalized spacial score (nSPS) is 15.3. The van der Waals surface area contributed by atoms with Gasteiger partial charge in [-0.25, -0.2) is 4.79 Å². The number of aliphatic carboxylic acids is 2. The molecule has 0 heterocycles. The van der Waals surface area contributed by atoms with E-state index in [1.807, 2.05) is 13.2 Å². The number of nitrogens with two attached hydrogens (primary N) is 2. The van der Waals surface area contributed by atoms with Gasteiger partial charge in [0.15, 0.2) is 0 Å². The lowest BCUT2D eigenvalue weighted by Gasteiger charge is -2.27. The number of carboxylic acid groups (broad SMARTS) is 2. The van der Waals surface area contributed by atoms with Crippen LogP contribution in [0.5, 0.6) is 0 Å². The van der Waals surface area contributed by atoms with E-state index < -0.39 is 60.2 Å². The second-order valence-corrected chi connectivity index (χ2v) is 9.09. The summed E-state index contributed by atoms with van der Waals surface area (Å²) in [7, 11) is 0. The molecule has 34 heavy (non-hydrogen) atoms. The van der Waals surface area contributed by atoms with Gasteiger partial charge >= 0.3 is 11.9 Å². The molecule has 0 saturated carbocycles. The summed E-state index contributed by atoms with van der Waals surface area (Å²) in [5, 5.41) is 25.8. The van der Waals surface area contributed by atoms with Crippen LogP contribution in [0.25, 0.3) is 0 Å². The number of unbranched alkanes of at least 4 members (excludes halogenated alkanes) is 1. The van der Waals surface area contributed by atoms with Crippen molar-refractivity contribution in [3.05, 3.63) is 0 Å². The maximum atomic E-state index is 13.0. The second kappa shape index (κ2) is 17.1. The molecule has 5 unspecified atom stereocenters. The zero-order chi connectivity index (χ0) is 26.3. The van der Waals surface area contributed by atoms with Gasteiger partial charge < -0.3 is 37.6 Å². The maximum absolute atomic E-state index is 13.0. The van der Waals surface area contributed by atoms with Crippen molar-refractivity contribution in [3.63, 3.8) is 0 Å². The number of carbonyl (C=O) groups is 5. The predicted octanol–water partition coefficient (Wildman–Crippen LogP) is -0.744. The fraction of sp³-hybridized carbons (Fsp3) is 0.762. The Morgan fingerprint density at radius 3 is 2.03 bits per heavy atom. The van der Waals surface area contributed by atoms with Crippen LogP contribution in [0.3, 0.4) is 0 Å². The molecule has 0 aromatic carbocycles. The Hall–Kier alpha value is -2.38. The average Bonchev–Trinajstić information content (AvgIpc) is 2.78. The van der Waals surface area contributed by atoms with Gasteiger partial charge in [-0.15, -0.1) is 0 Å². The fourth-order valence-corrected chi connectivity index (χ4v) is 3.50. The number of nitrogens with one attached hydrogen (secondary N) is 3. The van der Waals surface area contributed by atoms with E-state index >= 15 is 0 Å². The summed E-state index contributed by atoms with van der Waals surface area (Å²) in [6, 6.07) is -4.67. The van der Waals surface area contributed by atoms with Gasteiger partial charge in [0.1, 0.15) is 18.1 Å². The molecule has 0 rings (SSSR count). The van der Waals surface area contributed by atoms with Crippen molar-refractivity contribution >= 4 is 41.4 Å². The quantitative estimate of drug-likeness (QED) is 0.116. The van der Waals surface area contributed by atoms with Crippen LogP contribution in [-0.2, 0) is 24.0 Å². The molecule has 3 amide bonds. The predicted molar refractivity (Wildman–Crippen MR) is 129 cm³/mol. The molecule has 0 radical (unpaired) electrons. The molecular formula is C21H39N5O7S. The minimum absolute atomic E-state index is 0.103. The summed E-state index contributed by atoms with van der Waals surface area (Å²) >= 11 is 1.53. The van der Waals surface area contributed by atoms with Gasteiger partial charge in [-0.2, -0.15) is 11.8 Å². The Kier molecular flexibility index (Phi) is 15.9. The number of carbonyl (C=O) groups excluding carboxylic acids is 3. The smallest absolute Gasteiger partial charge is 0.326 e. The zero-order valence-electron chi connectivity index (χ0n) is 20.0. The molecule has 0 spiro atoms. The van der Waals surface area contributed by atoms with Crippen LogP contribution in [-0.4, -0.2) is 82.6 Å². The van der Waals surface area contributed by atoms with Crippen LogP contribution in [0.1, 0.15) is 52.4 Å². The van der Waals surface area contributed by atoms with Crippen LogP contribution < -0.4 is 27.4 Å². The minimum Gasteiger partial charge on any atom is -0.481 e. The summed E-state index contributed by atoms with van der Waals surface area (Å²) in [4.78, 5) is 60.9. The summed E-state index contributed by atoms with van der Waals surface area (Å²) in [6.45, 7) is 3.90. The molecule has 0 aromatic rings. The number of hydrogen-bond donors (Lipinski definition) is 7. The molecule has 9 N–H and O–H groups in total. The summed E-state index contributed by atoms with van der Waals surface area (Å²) in [6.07, 6.45) is 3.14. The molecular weight excluding hydrogens is 466 g/mol. The number of amides is 3. The topological polar surface area (TPSA) is 214 Å². The highest BCUT2D eigenvalue weighted by atomic mass is 32.2. The highest BCUT2D eigenvalue weighted by Crippen LogP contribution is 2.10. The molecule has 0 bridgehead atoms. The van der Waals surface area contributed by atoms with E-state index in [9.17, 15) is 34.2 Å². The van der Waals surface area contributed by atoms with Crippen LogP contribution in [0.4, 0.5) is 0 Å². The molecule has 0 saturated heterocycles. The molecule has 0 aliphatic carbocycles. The Labute approximate surface area is 204 Å². The molecule has 0 aliphatic heterocycles. The van der Waals surface area contributed by atoms with Gasteiger partial charge in [0.25, 0.3) is 0 Å². The average molecular weight is 506 g/mol. The lowest BCUT2D eigenvalue weighted by Crippen LogP contribution is -2.59. The van der Waals surface area contributed by atoms with Gasteiger partial charge in [-0.05, 0) is 50.2 Å². The second-order valence-electron chi connectivity index (χ2n) is 8.10. The van der Waals surface area contributed by atoms with E-state index in [0.29, 0.717) is 38.0 Å². The largest absolute Gasteiger partial charge is 0.481 e. The highest BCUT2D eigenvalue weighted by molar-refractivity contribution is 7.98. The van der Waals surface area contributed by atoms with Crippen molar-refractivity contribution in [2.45, 2.75) is 76.5 Å². The summed E-state index contributed by atoms with van der Waals surface area (Å²) < 4.78 is 0. The molecule has 0 aliphatic rings. The first-order chi connectivity index (χ1) is 16.0. The Morgan fingerprint density at radius 2 is 1.53 bits per heavy atom. The lowest BCUT2D eigenvalue weighted by molar-refractivity contribution is -0.144. The molecule has 12 nitrogen and oxygen atoms in total. The number of carboxylic acids is 2. The van der Waals surface area contributed by atoms with Crippen LogP contribution in [0, 0.1) is 5.92 Å². The van der Waals surface area contributed by atoms with E-state index in [-0.39, 0.29) is 12.3 Å². The first-order valence-electron chi connectivity index (χ1n) is 11.3. The van der Waals surface area contributed by atoms with Crippen molar-refractivity contribution < 1.29 is 34.2 Å². The Morgan fingerprint density at radius 1 is 0.912 bits per heavy atom. The monoisotopic (exact) mass is 505 g/mol. The maximum Gasteiger partial charge on any atom is 0.326 e. The van der Waals surface area contributed by atoms with E-state index in [0.717, 1.165) is 0 Å². The van der Waals surface area contributed by atoms with Crippen molar-refractivity contribution in [1.29, 1.82) is 0 Å². The van der Waals surface area contributed by atoms with Crippen LogP contribution in [0.2, 0.25) is 0 Å². The Bertz CT molecular complexity index is 694. The molecule has 5 atom stereocenters. The van der Waals surface area contributed by atoms with Crippen molar-refractivity contribution in [3.8, 4) is 0 Å². The molecule has 0 aromatic heterocycles. The zero-order valence-corrected chi connectivity index (χ0v) is 20.9. The first kappa shape index (κ1) is 31.6. The molecule has 196 valence electrons. The molecule has 0 fully saturated rings. The SMILES string of the molecule is CCC(C)C(NC(=O)C(N)CCSC)C(=O)NC(CC(=O)O)C(=O)NC(CCCCN)C(=O)O. The van der Waals surface area contributed by atoms with Gasteiger partial charge in [0, 0.05) is 0 Å².